The van der Waals surface area contributed by atoms with Crippen LogP contribution in [0, 0.1) is 0 Å². The lowest BCUT2D eigenvalue weighted by molar-refractivity contribution is -0.127. The maximum Gasteiger partial charge on any atom is 0.265 e. The van der Waals surface area contributed by atoms with E-state index in [-0.39, 0.29) is 25.5 Å². The third-order valence-electron chi connectivity index (χ3n) is 4.57. The Morgan fingerprint density at radius 1 is 1.33 bits per heavy atom. The van der Waals surface area contributed by atoms with E-state index in [0.717, 1.165) is 21.5 Å². The summed E-state index contributed by atoms with van der Waals surface area (Å²) in [6.45, 7) is 0.0127. The van der Waals surface area contributed by atoms with E-state index in [9.17, 15) is 9.18 Å². The highest BCUT2D eigenvalue weighted by Gasteiger charge is 2.43. The van der Waals surface area contributed by atoms with Crippen LogP contribution in [0.15, 0.2) is 42.0 Å². The van der Waals surface area contributed by atoms with Gasteiger partial charge in [0, 0.05) is 12.0 Å². The molecule has 0 radical (unpaired) electrons. The van der Waals surface area contributed by atoms with Crippen LogP contribution in [-0.4, -0.2) is 44.4 Å². The number of carbonyl (C=O) groups excluding carboxylic acids is 1. The predicted molar refractivity (Wildman–Crippen MR) is 99.5 cm³/mol. The smallest absolute Gasteiger partial charge is 0.265 e. The maximum absolute atomic E-state index is 14.4. The molecule has 1 aromatic carbocycles. The highest BCUT2D eigenvalue weighted by Crippen LogP contribution is 2.27. The van der Waals surface area contributed by atoms with Crippen molar-refractivity contribution in [3.8, 4) is 11.3 Å². The van der Waals surface area contributed by atoms with Gasteiger partial charge < -0.3 is 10.1 Å². The molecule has 4 heterocycles. The number of aromatic nitrogens is 4. The average molecular weight is 383 g/mol. The van der Waals surface area contributed by atoms with Crippen molar-refractivity contribution in [3.63, 3.8) is 0 Å². The Bertz CT molecular complexity index is 1160. The molecule has 7 nitrogen and oxygen atoms in total. The molecule has 1 unspecified atom stereocenters. The first-order chi connectivity index (χ1) is 13.1. The second kappa shape index (κ2) is 6.07. The van der Waals surface area contributed by atoms with Crippen LogP contribution >= 0.6 is 11.3 Å². The number of carbonyl (C=O) groups is 1. The van der Waals surface area contributed by atoms with Crippen LogP contribution in [0.4, 0.5) is 10.2 Å². The molecule has 9 heteroatoms. The zero-order chi connectivity index (χ0) is 18.4. The molecule has 27 heavy (non-hydrogen) atoms. The summed E-state index contributed by atoms with van der Waals surface area (Å²) < 4.78 is 22.1. The molecule has 136 valence electrons. The van der Waals surface area contributed by atoms with Gasteiger partial charge in [0.05, 0.1) is 40.8 Å². The highest BCUT2D eigenvalue weighted by molar-refractivity contribution is 7.16. The number of alkyl halides is 1. The first-order valence-electron chi connectivity index (χ1n) is 8.39. The van der Waals surface area contributed by atoms with Gasteiger partial charge in [-0.25, -0.2) is 18.9 Å². The van der Waals surface area contributed by atoms with Crippen molar-refractivity contribution < 1.29 is 13.9 Å². The van der Waals surface area contributed by atoms with Crippen LogP contribution in [0.25, 0.3) is 27.1 Å². The molecule has 3 aromatic heterocycles. The summed E-state index contributed by atoms with van der Waals surface area (Å²) in [4.78, 5) is 20.7. The van der Waals surface area contributed by atoms with Crippen molar-refractivity contribution >= 4 is 38.9 Å². The number of halogens is 1. The number of nitrogens with zero attached hydrogens (tertiary/aromatic N) is 4. The van der Waals surface area contributed by atoms with Gasteiger partial charge in [0.2, 0.25) is 5.67 Å². The fourth-order valence-electron chi connectivity index (χ4n) is 3.06. The number of thiazole rings is 1. The van der Waals surface area contributed by atoms with E-state index in [1.54, 1.807) is 28.1 Å². The van der Waals surface area contributed by atoms with E-state index < -0.39 is 11.6 Å². The van der Waals surface area contributed by atoms with E-state index in [1.165, 1.54) is 0 Å². The molecule has 1 aliphatic rings. The van der Waals surface area contributed by atoms with E-state index >= 15 is 0 Å². The Kier molecular flexibility index (Phi) is 3.66. The monoisotopic (exact) mass is 383 g/mol. The minimum absolute atomic E-state index is 0.0503. The number of hydrogen-bond acceptors (Lipinski definition) is 6. The molecule has 5 rings (SSSR count). The molecule has 0 aliphatic carbocycles. The zero-order valence-corrected chi connectivity index (χ0v) is 14.9. The second-order valence-electron chi connectivity index (χ2n) is 6.40. The summed E-state index contributed by atoms with van der Waals surface area (Å²) in [7, 11) is 0. The van der Waals surface area contributed by atoms with Crippen molar-refractivity contribution in [1.82, 2.24) is 19.6 Å². The van der Waals surface area contributed by atoms with Crippen LogP contribution < -0.4 is 5.32 Å². The van der Waals surface area contributed by atoms with Gasteiger partial charge in [-0.2, -0.15) is 5.10 Å². The number of imidazole rings is 1. The molecule has 1 N–H and O–H groups in total. The number of nitrogens with one attached hydrogen (secondary N) is 1. The molecule has 0 saturated carbocycles. The average Bonchev–Trinajstić information content (AvgIpc) is 3.39. The topological polar surface area (TPSA) is 81.4 Å². The van der Waals surface area contributed by atoms with Crippen molar-refractivity contribution in [2.45, 2.75) is 12.1 Å². The third kappa shape index (κ3) is 2.84. The number of fused-ring (bicyclic) bond motifs is 2. The normalized spacial score (nSPS) is 19.7. The number of rotatable bonds is 3. The second-order valence-corrected chi connectivity index (χ2v) is 7.29. The van der Waals surface area contributed by atoms with Crippen LogP contribution in [-0.2, 0) is 9.53 Å². The van der Waals surface area contributed by atoms with Crippen molar-refractivity contribution in [1.29, 1.82) is 0 Å². The number of amides is 1. The Labute approximate surface area is 156 Å². The Balaban J connectivity index is 1.45. The SMILES string of the molecule is O=C(Nc1cn2nc(-c3ccc4ncsc4c3)ccc2n1)C1(F)CCOC1. The van der Waals surface area contributed by atoms with E-state index in [1.807, 2.05) is 29.8 Å². The molecule has 1 saturated heterocycles. The van der Waals surface area contributed by atoms with Crippen LogP contribution in [0.5, 0.6) is 0 Å². The molecular formula is C18H14FN5O2S. The molecular weight excluding hydrogens is 369 g/mol. The minimum Gasteiger partial charge on any atom is -0.377 e. The molecule has 1 amide bonds. The largest absolute Gasteiger partial charge is 0.377 e. The van der Waals surface area contributed by atoms with Crippen molar-refractivity contribution in [3.05, 3.63) is 42.0 Å². The molecule has 1 fully saturated rings. The van der Waals surface area contributed by atoms with E-state index in [2.05, 4.69) is 20.4 Å². The summed E-state index contributed by atoms with van der Waals surface area (Å²) in [6.07, 6.45) is 1.62. The van der Waals surface area contributed by atoms with Gasteiger partial charge in [-0.15, -0.1) is 11.3 Å². The molecule has 1 aliphatic heterocycles. The Hall–Kier alpha value is -2.91. The van der Waals surface area contributed by atoms with Crippen LogP contribution in [0.1, 0.15) is 6.42 Å². The highest BCUT2D eigenvalue weighted by atomic mass is 32.1. The fraction of sp³-hybridized carbons (Fsp3) is 0.222. The minimum atomic E-state index is -2.00. The Morgan fingerprint density at radius 3 is 3.11 bits per heavy atom. The Morgan fingerprint density at radius 2 is 2.26 bits per heavy atom. The number of ether oxygens (including phenoxy) is 1. The summed E-state index contributed by atoms with van der Waals surface area (Å²) in [6, 6.07) is 9.61. The van der Waals surface area contributed by atoms with Gasteiger partial charge in [-0.1, -0.05) is 6.07 Å². The van der Waals surface area contributed by atoms with Gasteiger partial charge in [0.25, 0.3) is 5.91 Å². The van der Waals surface area contributed by atoms with Gasteiger partial charge in [-0.05, 0) is 24.3 Å². The zero-order valence-electron chi connectivity index (χ0n) is 14.1. The van der Waals surface area contributed by atoms with Crippen molar-refractivity contribution in [2.24, 2.45) is 0 Å². The van der Waals surface area contributed by atoms with E-state index in [0.29, 0.717) is 5.65 Å². The summed E-state index contributed by atoms with van der Waals surface area (Å²) in [5.41, 5.74) is 3.04. The lowest BCUT2D eigenvalue weighted by Crippen LogP contribution is -2.39. The van der Waals surface area contributed by atoms with Crippen molar-refractivity contribution in [2.75, 3.05) is 18.5 Å². The van der Waals surface area contributed by atoms with Crippen LogP contribution in [0.2, 0.25) is 0 Å². The first kappa shape index (κ1) is 16.3. The molecule has 4 aromatic rings. The number of anilines is 1. The fourth-order valence-corrected chi connectivity index (χ4v) is 3.77. The molecule has 0 bridgehead atoms. The number of hydrogen-bond donors (Lipinski definition) is 1. The molecule has 0 spiro atoms. The first-order valence-corrected chi connectivity index (χ1v) is 9.27. The standard InChI is InChI=1S/C18H14FN5O2S/c19-18(5-6-26-9-18)17(25)22-15-8-24-16(21-15)4-3-12(23-24)11-1-2-13-14(7-11)27-10-20-13/h1-4,7-8,10H,5-6,9H2,(H,22,25). The van der Waals surface area contributed by atoms with E-state index in [4.69, 9.17) is 4.74 Å². The lowest BCUT2D eigenvalue weighted by Gasteiger charge is -2.15. The van der Waals surface area contributed by atoms with Crippen LogP contribution in [0.3, 0.4) is 0 Å². The summed E-state index contributed by atoms with van der Waals surface area (Å²) >= 11 is 1.57. The van der Waals surface area contributed by atoms with Gasteiger partial charge in [0.1, 0.15) is 0 Å². The third-order valence-corrected chi connectivity index (χ3v) is 5.36. The summed E-state index contributed by atoms with van der Waals surface area (Å²) in [5.74, 6) is -0.481. The molecule has 1 atom stereocenters. The van der Waals surface area contributed by atoms with Gasteiger partial charge in [-0.3, -0.25) is 4.79 Å². The quantitative estimate of drug-likeness (QED) is 0.588. The number of benzene rings is 1. The summed E-state index contributed by atoms with van der Waals surface area (Å²) in [5, 5.41) is 7.07. The maximum atomic E-state index is 14.4. The van der Waals surface area contributed by atoms with Gasteiger partial charge in [0.15, 0.2) is 11.5 Å². The lowest BCUT2D eigenvalue weighted by atomic mass is 10.1. The predicted octanol–water partition coefficient (Wildman–Crippen LogP) is 3.07. The van der Waals surface area contributed by atoms with Gasteiger partial charge >= 0.3 is 0 Å².